The lowest BCUT2D eigenvalue weighted by Crippen LogP contribution is -2.17. The number of anilines is 1. The topological polar surface area (TPSA) is 76.1 Å². The van der Waals surface area contributed by atoms with Gasteiger partial charge in [-0.2, -0.15) is 0 Å². The molecule has 0 aliphatic carbocycles. The number of hydrogen-bond donors (Lipinski definition) is 1. The zero-order chi connectivity index (χ0) is 18.0. The van der Waals surface area contributed by atoms with Crippen molar-refractivity contribution in [1.82, 2.24) is 4.98 Å². The number of sulfone groups is 1. The minimum Gasteiger partial charge on any atom is -0.302 e. The van der Waals surface area contributed by atoms with Gasteiger partial charge in [0.2, 0.25) is 5.91 Å². The first-order chi connectivity index (χ1) is 11.8. The third-order valence-corrected chi connectivity index (χ3v) is 7.60. The van der Waals surface area contributed by atoms with Gasteiger partial charge in [-0.25, -0.2) is 13.4 Å². The highest BCUT2D eigenvalue weighted by atomic mass is 35.5. The summed E-state index contributed by atoms with van der Waals surface area (Å²) in [5, 5.41) is 4.26. The van der Waals surface area contributed by atoms with E-state index in [-0.39, 0.29) is 29.8 Å². The first-order valence-electron chi connectivity index (χ1n) is 7.70. The molecule has 134 valence electrons. The molecule has 25 heavy (non-hydrogen) atoms. The van der Waals surface area contributed by atoms with Crippen LogP contribution in [0.15, 0.2) is 24.4 Å². The van der Waals surface area contributed by atoms with E-state index in [0.717, 1.165) is 10.4 Å². The van der Waals surface area contributed by atoms with Crippen LogP contribution in [0.1, 0.15) is 23.3 Å². The Balaban J connectivity index is 1.58. The molecule has 1 aliphatic rings. The van der Waals surface area contributed by atoms with Gasteiger partial charge in [0.1, 0.15) is 0 Å². The normalized spacial score (nSPS) is 19.0. The fourth-order valence-corrected chi connectivity index (χ4v) is 5.89. The maximum absolute atomic E-state index is 12.1. The Bertz CT molecular complexity index is 897. The van der Waals surface area contributed by atoms with Crippen LogP contribution in [0.5, 0.6) is 0 Å². The number of carbonyl (C=O) groups is 1. The van der Waals surface area contributed by atoms with Crippen molar-refractivity contribution in [1.29, 1.82) is 0 Å². The Kier molecular flexibility index (Phi) is 5.68. The van der Waals surface area contributed by atoms with Gasteiger partial charge < -0.3 is 5.32 Å². The van der Waals surface area contributed by atoms with Crippen LogP contribution in [0.25, 0.3) is 0 Å². The quantitative estimate of drug-likeness (QED) is 0.800. The van der Waals surface area contributed by atoms with E-state index in [1.165, 1.54) is 11.3 Å². The van der Waals surface area contributed by atoms with Crippen molar-refractivity contribution in [3.05, 3.63) is 44.9 Å². The molecule has 1 amide bonds. The average Bonchev–Trinajstić information content (AvgIpc) is 3.10. The van der Waals surface area contributed by atoms with Gasteiger partial charge in [-0.05, 0) is 24.0 Å². The SMILES string of the molecule is O=C(CC1CCS(=O)(=O)C1)Nc1ncc(Cc2cccc(Cl)c2Cl)s1. The van der Waals surface area contributed by atoms with Crippen molar-refractivity contribution in [2.75, 3.05) is 16.8 Å². The fourth-order valence-electron chi connectivity index (χ4n) is 2.79. The third-order valence-electron chi connectivity index (χ3n) is 4.00. The number of amides is 1. The maximum atomic E-state index is 12.1. The number of carbonyl (C=O) groups excluding carboxylic acids is 1. The third kappa shape index (κ3) is 4.94. The Morgan fingerprint density at radius 1 is 1.36 bits per heavy atom. The Morgan fingerprint density at radius 2 is 2.16 bits per heavy atom. The van der Waals surface area contributed by atoms with Gasteiger partial charge in [-0.3, -0.25) is 4.79 Å². The summed E-state index contributed by atoms with van der Waals surface area (Å²) in [4.78, 5) is 17.2. The Labute approximate surface area is 160 Å². The summed E-state index contributed by atoms with van der Waals surface area (Å²) in [6, 6.07) is 5.46. The molecule has 2 aromatic rings. The van der Waals surface area contributed by atoms with Crippen molar-refractivity contribution in [3.63, 3.8) is 0 Å². The van der Waals surface area contributed by atoms with Crippen molar-refractivity contribution in [3.8, 4) is 0 Å². The fraction of sp³-hybridized carbons (Fsp3) is 0.375. The molecule has 1 N–H and O–H groups in total. The first kappa shape index (κ1) is 18.6. The molecule has 1 aromatic heterocycles. The molecular formula is C16H16Cl2N2O3S2. The molecule has 2 heterocycles. The molecule has 0 saturated carbocycles. The van der Waals surface area contributed by atoms with Gasteiger partial charge in [0.25, 0.3) is 0 Å². The highest BCUT2D eigenvalue weighted by Gasteiger charge is 2.29. The minimum absolute atomic E-state index is 0.0941. The summed E-state index contributed by atoms with van der Waals surface area (Å²) in [5.74, 6) is -0.0395. The highest BCUT2D eigenvalue weighted by molar-refractivity contribution is 7.91. The molecule has 0 radical (unpaired) electrons. The van der Waals surface area contributed by atoms with Crippen molar-refractivity contribution < 1.29 is 13.2 Å². The van der Waals surface area contributed by atoms with Crippen molar-refractivity contribution >= 4 is 55.4 Å². The number of hydrogen-bond acceptors (Lipinski definition) is 5. The van der Waals surface area contributed by atoms with Crippen molar-refractivity contribution in [2.24, 2.45) is 5.92 Å². The van der Waals surface area contributed by atoms with Crippen LogP contribution >= 0.6 is 34.5 Å². The second-order valence-corrected chi connectivity index (χ2v) is 10.2. The van der Waals surface area contributed by atoms with Gasteiger partial charge in [-0.15, -0.1) is 11.3 Å². The summed E-state index contributed by atoms with van der Waals surface area (Å²) in [7, 11) is -2.97. The number of benzene rings is 1. The molecule has 1 saturated heterocycles. The van der Waals surface area contributed by atoms with Crippen molar-refractivity contribution in [2.45, 2.75) is 19.3 Å². The smallest absolute Gasteiger partial charge is 0.226 e. The summed E-state index contributed by atoms with van der Waals surface area (Å²) < 4.78 is 22.9. The van der Waals surface area contributed by atoms with Gasteiger partial charge in [-0.1, -0.05) is 35.3 Å². The van der Waals surface area contributed by atoms with E-state index in [0.29, 0.717) is 28.0 Å². The zero-order valence-electron chi connectivity index (χ0n) is 13.2. The second kappa shape index (κ2) is 7.61. The average molecular weight is 419 g/mol. The van der Waals surface area contributed by atoms with E-state index in [4.69, 9.17) is 23.2 Å². The lowest BCUT2D eigenvalue weighted by atomic mass is 10.1. The molecule has 3 rings (SSSR count). The summed E-state index contributed by atoms with van der Waals surface area (Å²) in [6.07, 6.45) is 3.02. The number of aromatic nitrogens is 1. The Morgan fingerprint density at radius 3 is 2.88 bits per heavy atom. The van der Waals surface area contributed by atoms with E-state index in [2.05, 4.69) is 10.3 Å². The number of halogens is 2. The van der Waals surface area contributed by atoms with Crippen LogP contribution in [0.2, 0.25) is 10.0 Å². The van der Waals surface area contributed by atoms with Crippen LogP contribution < -0.4 is 5.32 Å². The van der Waals surface area contributed by atoms with Crippen LogP contribution in [-0.4, -0.2) is 30.8 Å². The molecule has 1 atom stereocenters. The van der Waals surface area contributed by atoms with Gasteiger partial charge >= 0.3 is 0 Å². The number of rotatable bonds is 5. The Hall–Kier alpha value is -1.15. The monoisotopic (exact) mass is 418 g/mol. The standard InChI is InChI=1S/C16H16Cl2N2O3S2/c17-13-3-1-2-11(15(13)18)7-12-8-19-16(24-12)20-14(21)6-10-4-5-25(22,23)9-10/h1-3,8,10H,4-7,9H2,(H,19,20,21). The predicted molar refractivity (Wildman–Crippen MR) is 101 cm³/mol. The lowest BCUT2D eigenvalue weighted by Gasteiger charge is -2.06. The van der Waals surface area contributed by atoms with Gasteiger partial charge in [0, 0.05) is 23.9 Å². The minimum atomic E-state index is -2.97. The molecule has 5 nitrogen and oxygen atoms in total. The van der Waals surface area contributed by atoms with Crippen LogP contribution in [-0.2, 0) is 21.1 Å². The van der Waals surface area contributed by atoms with E-state index in [1.807, 2.05) is 12.1 Å². The highest BCUT2D eigenvalue weighted by Crippen LogP contribution is 2.30. The predicted octanol–water partition coefficient (Wildman–Crippen LogP) is 3.80. The first-order valence-corrected chi connectivity index (χ1v) is 11.1. The van der Waals surface area contributed by atoms with Crippen LogP contribution in [0, 0.1) is 5.92 Å². The lowest BCUT2D eigenvalue weighted by molar-refractivity contribution is -0.116. The van der Waals surface area contributed by atoms with E-state index in [1.54, 1.807) is 12.3 Å². The molecule has 1 aromatic carbocycles. The molecule has 0 spiro atoms. The number of thiazole rings is 1. The number of nitrogens with zero attached hydrogens (tertiary/aromatic N) is 1. The second-order valence-electron chi connectivity index (χ2n) is 6.04. The van der Waals surface area contributed by atoms with E-state index >= 15 is 0 Å². The molecule has 0 bridgehead atoms. The summed E-state index contributed by atoms with van der Waals surface area (Å²) in [5.41, 5.74) is 0.895. The van der Waals surface area contributed by atoms with Crippen LogP contribution in [0.4, 0.5) is 5.13 Å². The van der Waals surface area contributed by atoms with E-state index in [9.17, 15) is 13.2 Å². The van der Waals surface area contributed by atoms with E-state index < -0.39 is 9.84 Å². The van der Waals surface area contributed by atoms with Gasteiger partial charge in [0.05, 0.1) is 21.6 Å². The summed E-state index contributed by atoms with van der Waals surface area (Å²) in [6.45, 7) is 0. The number of nitrogens with one attached hydrogen (secondary N) is 1. The largest absolute Gasteiger partial charge is 0.302 e. The molecule has 9 heteroatoms. The molecule has 1 aliphatic heterocycles. The zero-order valence-corrected chi connectivity index (χ0v) is 16.3. The molecular weight excluding hydrogens is 403 g/mol. The summed E-state index contributed by atoms with van der Waals surface area (Å²) >= 11 is 13.6. The molecule has 1 unspecified atom stereocenters. The van der Waals surface area contributed by atoms with Gasteiger partial charge in [0.15, 0.2) is 15.0 Å². The molecule has 1 fully saturated rings. The maximum Gasteiger partial charge on any atom is 0.226 e. The van der Waals surface area contributed by atoms with Crippen LogP contribution in [0.3, 0.4) is 0 Å².